The van der Waals surface area contributed by atoms with Crippen molar-refractivity contribution < 1.29 is 18.9 Å². The van der Waals surface area contributed by atoms with E-state index in [1.54, 1.807) is 6.92 Å². The van der Waals surface area contributed by atoms with Crippen LogP contribution in [0.3, 0.4) is 0 Å². The molecule has 0 bridgehead atoms. The molecule has 0 aromatic heterocycles. The molecule has 0 spiro atoms. The van der Waals surface area contributed by atoms with Crippen molar-refractivity contribution in [1.82, 2.24) is 0 Å². The molecule has 16 heavy (non-hydrogen) atoms. The molecule has 0 radical (unpaired) electrons. The number of hydrogen-bond acceptors (Lipinski definition) is 4. The van der Waals surface area contributed by atoms with E-state index in [9.17, 15) is 0 Å². The zero-order valence-corrected chi connectivity index (χ0v) is 10.1. The van der Waals surface area contributed by atoms with Crippen LogP contribution in [0.1, 0.15) is 27.7 Å². The normalized spacial score (nSPS) is 40.2. The molecular weight excluding hydrogens is 208 g/mol. The quantitative estimate of drug-likeness (QED) is 0.665. The summed E-state index contributed by atoms with van der Waals surface area (Å²) in [6.45, 7) is 7.91. The molecule has 0 aliphatic carbocycles. The first-order valence-electron chi connectivity index (χ1n) is 5.56. The first-order chi connectivity index (χ1) is 7.53. The summed E-state index contributed by atoms with van der Waals surface area (Å²) >= 11 is 0. The molecule has 4 heteroatoms. The van der Waals surface area contributed by atoms with Crippen LogP contribution in [0.4, 0.5) is 0 Å². The van der Waals surface area contributed by atoms with Crippen molar-refractivity contribution in [2.45, 2.75) is 58.1 Å². The van der Waals surface area contributed by atoms with Gasteiger partial charge in [-0.1, -0.05) is 5.92 Å². The molecule has 2 saturated heterocycles. The minimum Gasteiger partial charge on any atom is -0.360 e. The summed E-state index contributed by atoms with van der Waals surface area (Å²) in [6.07, 6.45) is -0.592. The van der Waals surface area contributed by atoms with Crippen molar-refractivity contribution in [1.29, 1.82) is 0 Å². The highest BCUT2D eigenvalue weighted by molar-refractivity contribution is 4.97. The Morgan fingerprint density at radius 3 is 2.75 bits per heavy atom. The largest absolute Gasteiger partial charge is 0.360 e. The first kappa shape index (κ1) is 11.9. The van der Waals surface area contributed by atoms with Crippen molar-refractivity contribution in [3.8, 4) is 11.8 Å². The van der Waals surface area contributed by atoms with Crippen LogP contribution in [0.15, 0.2) is 0 Å². The lowest BCUT2D eigenvalue weighted by Crippen LogP contribution is -2.35. The predicted octanol–water partition coefficient (Wildman–Crippen LogP) is 1.29. The molecule has 2 heterocycles. The van der Waals surface area contributed by atoms with Gasteiger partial charge < -0.3 is 18.9 Å². The third-order valence-electron chi connectivity index (χ3n) is 2.75. The maximum atomic E-state index is 5.77. The molecule has 90 valence electrons. The van der Waals surface area contributed by atoms with Crippen molar-refractivity contribution in [3.05, 3.63) is 0 Å². The zero-order valence-electron chi connectivity index (χ0n) is 10.1. The molecule has 0 aromatic rings. The first-order valence-corrected chi connectivity index (χ1v) is 5.56. The monoisotopic (exact) mass is 226 g/mol. The Kier molecular flexibility index (Phi) is 3.22. The Hall–Kier alpha value is -0.600. The summed E-state index contributed by atoms with van der Waals surface area (Å²) in [6, 6.07) is 0. The van der Waals surface area contributed by atoms with Crippen LogP contribution in [0.5, 0.6) is 0 Å². The Morgan fingerprint density at radius 1 is 1.31 bits per heavy atom. The van der Waals surface area contributed by atoms with E-state index >= 15 is 0 Å². The SMILES string of the molecule is CC#CCO[C@@H]1[C@H]2OC(C)(C)O[C@H]2O[C@@H]1C. The van der Waals surface area contributed by atoms with Crippen LogP contribution in [0.25, 0.3) is 0 Å². The third kappa shape index (κ3) is 2.23. The summed E-state index contributed by atoms with van der Waals surface area (Å²) in [5.41, 5.74) is 0. The summed E-state index contributed by atoms with van der Waals surface area (Å²) in [5.74, 6) is 5.08. The summed E-state index contributed by atoms with van der Waals surface area (Å²) in [5, 5.41) is 0. The minimum atomic E-state index is -0.590. The van der Waals surface area contributed by atoms with Crippen molar-refractivity contribution in [2.75, 3.05) is 6.61 Å². The van der Waals surface area contributed by atoms with Gasteiger partial charge in [0.2, 0.25) is 0 Å². The van der Waals surface area contributed by atoms with E-state index in [1.807, 2.05) is 20.8 Å². The Labute approximate surface area is 96.2 Å². The topological polar surface area (TPSA) is 36.9 Å². The van der Waals surface area contributed by atoms with Gasteiger partial charge in [0.15, 0.2) is 12.1 Å². The second-order valence-corrected chi connectivity index (χ2v) is 4.51. The highest BCUT2D eigenvalue weighted by atomic mass is 16.8. The molecule has 2 aliphatic heterocycles. The van der Waals surface area contributed by atoms with Crippen molar-refractivity contribution in [2.24, 2.45) is 0 Å². The molecule has 0 N–H and O–H groups in total. The Morgan fingerprint density at radius 2 is 2.06 bits per heavy atom. The second-order valence-electron chi connectivity index (χ2n) is 4.51. The van der Waals surface area contributed by atoms with E-state index in [0.29, 0.717) is 6.61 Å². The van der Waals surface area contributed by atoms with Gasteiger partial charge in [-0.25, -0.2) is 0 Å². The van der Waals surface area contributed by atoms with Crippen LogP contribution < -0.4 is 0 Å². The van der Waals surface area contributed by atoms with Crippen molar-refractivity contribution in [3.63, 3.8) is 0 Å². The van der Waals surface area contributed by atoms with Crippen LogP contribution in [-0.4, -0.2) is 37.0 Å². The molecule has 2 fully saturated rings. The van der Waals surface area contributed by atoms with Crippen molar-refractivity contribution >= 4 is 0 Å². The molecular formula is C12H18O4. The van der Waals surface area contributed by atoms with E-state index in [1.165, 1.54) is 0 Å². The highest BCUT2D eigenvalue weighted by Crippen LogP contribution is 2.38. The number of ether oxygens (including phenoxy) is 4. The summed E-state index contributed by atoms with van der Waals surface area (Å²) < 4.78 is 22.7. The van der Waals surface area contributed by atoms with E-state index < -0.39 is 5.79 Å². The van der Waals surface area contributed by atoms with Gasteiger partial charge in [-0.2, -0.15) is 0 Å². The van der Waals surface area contributed by atoms with Gasteiger partial charge in [0.05, 0.1) is 6.10 Å². The average Bonchev–Trinajstić information content (AvgIpc) is 2.60. The molecule has 0 unspecified atom stereocenters. The molecule has 4 atom stereocenters. The molecule has 4 nitrogen and oxygen atoms in total. The fourth-order valence-corrected chi connectivity index (χ4v) is 2.08. The van der Waals surface area contributed by atoms with Gasteiger partial charge >= 0.3 is 0 Å². The van der Waals surface area contributed by atoms with Gasteiger partial charge in [-0.3, -0.25) is 0 Å². The standard InChI is InChI=1S/C12H18O4/c1-5-6-7-13-9-8(2)14-11-10(9)15-12(3,4)16-11/h8-11H,7H2,1-4H3/t8-,9+,10-,11-/m1/s1. The molecule has 2 rings (SSSR count). The van der Waals surface area contributed by atoms with E-state index in [-0.39, 0.29) is 24.6 Å². The molecule has 0 aromatic carbocycles. The Balaban J connectivity index is 1.98. The highest BCUT2D eigenvalue weighted by Gasteiger charge is 2.53. The number of hydrogen-bond donors (Lipinski definition) is 0. The van der Waals surface area contributed by atoms with Crippen LogP contribution in [0.2, 0.25) is 0 Å². The summed E-state index contributed by atoms with van der Waals surface area (Å²) in [4.78, 5) is 0. The number of rotatable bonds is 2. The Bertz CT molecular complexity index is 315. The maximum Gasteiger partial charge on any atom is 0.190 e. The zero-order chi connectivity index (χ0) is 11.8. The average molecular weight is 226 g/mol. The van der Waals surface area contributed by atoms with Gasteiger partial charge in [0.25, 0.3) is 0 Å². The van der Waals surface area contributed by atoms with Gasteiger partial charge in [-0.15, -0.1) is 5.92 Å². The number of fused-ring (bicyclic) bond motifs is 1. The summed E-state index contributed by atoms with van der Waals surface area (Å²) in [7, 11) is 0. The fraction of sp³-hybridized carbons (Fsp3) is 0.833. The molecule has 0 saturated carbocycles. The minimum absolute atomic E-state index is 0.0234. The molecule has 0 amide bonds. The second kappa shape index (κ2) is 4.34. The van der Waals surface area contributed by atoms with Gasteiger partial charge in [-0.05, 0) is 27.7 Å². The fourth-order valence-electron chi connectivity index (χ4n) is 2.08. The maximum absolute atomic E-state index is 5.77. The van der Waals surface area contributed by atoms with Gasteiger partial charge in [0, 0.05) is 0 Å². The predicted molar refractivity (Wildman–Crippen MR) is 57.6 cm³/mol. The lowest BCUT2D eigenvalue weighted by atomic mass is 10.1. The van der Waals surface area contributed by atoms with Crippen LogP contribution in [-0.2, 0) is 18.9 Å². The third-order valence-corrected chi connectivity index (χ3v) is 2.75. The van der Waals surface area contributed by atoms with E-state index in [4.69, 9.17) is 18.9 Å². The van der Waals surface area contributed by atoms with Crippen LogP contribution in [0, 0.1) is 11.8 Å². The lowest BCUT2D eigenvalue weighted by molar-refractivity contribution is -0.215. The van der Waals surface area contributed by atoms with E-state index in [2.05, 4.69) is 11.8 Å². The smallest absolute Gasteiger partial charge is 0.190 e. The van der Waals surface area contributed by atoms with E-state index in [0.717, 1.165) is 0 Å². The van der Waals surface area contributed by atoms with Crippen LogP contribution >= 0.6 is 0 Å². The molecule has 2 aliphatic rings. The van der Waals surface area contributed by atoms with Gasteiger partial charge in [0.1, 0.15) is 18.8 Å². The lowest BCUT2D eigenvalue weighted by Gasteiger charge is -2.23.